The van der Waals surface area contributed by atoms with Gasteiger partial charge in [-0.05, 0) is 25.5 Å². The molecule has 3 aromatic rings. The Bertz CT molecular complexity index is 777. The van der Waals surface area contributed by atoms with Crippen LogP contribution in [0.2, 0.25) is 0 Å². The monoisotopic (exact) mass is 312 g/mol. The highest BCUT2D eigenvalue weighted by Gasteiger charge is 2.25. The Morgan fingerprint density at radius 2 is 2.09 bits per heavy atom. The van der Waals surface area contributed by atoms with Crippen molar-refractivity contribution in [3.05, 3.63) is 52.4 Å². The number of aryl methyl sites for hydroxylation is 1. The summed E-state index contributed by atoms with van der Waals surface area (Å²) in [6.45, 7) is 3.02. The largest absolute Gasteiger partial charge is 0.333 e. The number of thiazole rings is 1. The van der Waals surface area contributed by atoms with Crippen LogP contribution in [0.15, 0.2) is 34.9 Å². The van der Waals surface area contributed by atoms with Gasteiger partial charge in [0, 0.05) is 6.42 Å². The van der Waals surface area contributed by atoms with Crippen LogP contribution in [-0.4, -0.2) is 21.7 Å². The van der Waals surface area contributed by atoms with Crippen LogP contribution in [0, 0.1) is 6.92 Å². The van der Waals surface area contributed by atoms with E-state index in [1.807, 2.05) is 25.1 Å². The average Bonchev–Trinajstić information content (AvgIpc) is 3.05. The van der Waals surface area contributed by atoms with Gasteiger partial charge < -0.3 is 9.84 Å². The highest BCUT2D eigenvalue weighted by molar-refractivity contribution is 7.15. The first kappa shape index (κ1) is 13.6. The molecule has 1 aromatic carbocycles. The normalized spacial score (nSPS) is 17.4. The summed E-state index contributed by atoms with van der Waals surface area (Å²) in [6, 6.07) is 10.6. The zero-order valence-corrected chi connectivity index (χ0v) is 13.1. The lowest BCUT2D eigenvalue weighted by atomic mass is 10.1. The molecule has 4 rings (SSSR count). The number of nitrogens with one attached hydrogen (secondary N) is 1. The third kappa shape index (κ3) is 2.55. The fourth-order valence-electron chi connectivity index (χ4n) is 2.47. The molecule has 22 heavy (non-hydrogen) atoms. The predicted molar refractivity (Wildman–Crippen MR) is 84.8 cm³/mol. The second-order valence-corrected chi connectivity index (χ2v) is 6.52. The molecular formula is C16H16N4OS. The van der Waals surface area contributed by atoms with Gasteiger partial charge in [-0.1, -0.05) is 35.5 Å². The molecule has 1 N–H and O–H groups in total. The minimum absolute atomic E-state index is 0.245. The van der Waals surface area contributed by atoms with E-state index in [0.29, 0.717) is 5.89 Å². The van der Waals surface area contributed by atoms with Crippen molar-refractivity contribution in [2.45, 2.75) is 25.8 Å². The molecule has 1 aliphatic rings. The number of hydrogen-bond donors (Lipinski definition) is 1. The van der Waals surface area contributed by atoms with E-state index in [1.54, 1.807) is 11.3 Å². The Hall–Kier alpha value is -2.05. The lowest BCUT2D eigenvalue weighted by Gasteiger charge is -2.23. The summed E-state index contributed by atoms with van der Waals surface area (Å²) < 4.78 is 5.42. The molecule has 0 aliphatic carbocycles. The van der Waals surface area contributed by atoms with Crippen molar-refractivity contribution < 1.29 is 4.52 Å². The van der Waals surface area contributed by atoms with Crippen molar-refractivity contribution in [3.8, 4) is 10.8 Å². The van der Waals surface area contributed by atoms with E-state index >= 15 is 0 Å². The number of hydrogen-bond acceptors (Lipinski definition) is 6. The standard InChI is InChI=1S/C16H16N4OS/c1-10-14(16-19-15(20-21-16)12-7-8-17-12)22-13(18-10)9-11-5-3-2-4-6-11/h2-6,12,17H,7-9H2,1H3. The first-order chi connectivity index (χ1) is 10.8. The molecule has 0 saturated carbocycles. The molecule has 1 aliphatic heterocycles. The second kappa shape index (κ2) is 5.62. The van der Waals surface area contributed by atoms with Gasteiger partial charge in [0.05, 0.1) is 16.7 Å². The molecule has 1 unspecified atom stereocenters. The van der Waals surface area contributed by atoms with Crippen LogP contribution in [0.5, 0.6) is 0 Å². The molecule has 3 heterocycles. The first-order valence-corrected chi connectivity index (χ1v) is 8.19. The minimum atomic E-state index is 0.245. The van der Waals surface area contributed by atoms with E-state index < -0.39 is 0 Å². The maximum absolute atomic E-state index is 5.42. The zero-order valence-electron chi connectivity index (χ0n) is 12.2. The first-order valence-electron chi connectivity index (χ1n) is 7.37. The topological polar surface area (TPSA) is 63.8 Å². The van der Waals surface area contributed by atoms with E-state index in [-0.39, 0.29) is 6.04 Å². The Balaban J connectivity index is 1.58. The van der Waals surface area contributed by atoms with Gasteiger partial charge in [-0.15, -0.1) is 11.3 Å². The van der Waals surface area contributed by atoms with Crippen LogP contribution in [-0.2, 0) is 6.42 Å². The Morgan fingerprint density at radius 1 is 1.27 bits per heavy atom. The van der Waals surface area contributed by atoms with Gasteiger partial charge in [0.2, 0.25) is 0 Å². The maximum atomic E-state index is 5.42. The zero-order chi connectivity index (χ0) is 14.9. The molecule has 112 valence electrons. The Kier molecular flexibility index (Phi) is 3.48. The molecule has 0 amide bonds. The molecule has 1 atom stereocenters. The summed E-state index contributed by atoms with van der Waals surface area (Å²) in [5, 5.41) is 8.43. The van der Waals surface area contributed by atoms with E-state index in [9.17, 15) is 0 Å². The van der Waals surface area contributed by atoms with E-state index in [1.165, 1.54) is 5.56 Å². The van der Waals surface area contributed by atoms with E-state index in [0.717, 1.165) is 40.8 Å². The molecule has 0 spiro atoms. The van der Waals surface area contributed by atoms with Gasteiger partial charge in [-0.25, -0.2) is 4.98 Å². The van der Waals surface area contributed by atoms with Crippen molar-refractivity contribution in [2.75, 3.05) is 6.54 Å². The number of aromatic nitrogens is 3. The van der Waals surface area contributed by atoms with Crippen LogP contribution in [0.4, 0.5) is 0 Å². The summed E-state index contributed by atoms with van der Waals surface area (Å²) in [5.74, 6) is 1.33. The summed E-state index contributed by atoms with van der Waals surface area (Å²) >= 11 is 1.63. The van der Waals surface area contributed by atoms with E-state index in [4.69, 9.17) is 4.52 Å². The van der Waals surface area contributed by atoms with Gasteiger partial charge in [-0.3, -0.25) is 0 Å². The number of rotatable bonds is 4. The van der Waals surface area contributed by atoms with Gasteiger partial charge in [0.15, 0.2) is 5.82 Å². The van der Waals surface area contributed by atoms with Crippen LogP contribution >= 0.6 is 11.3 Å². The fraction of sp³-hybridized carbons (Fsp3) is 0.312. The van der Waals surface area contributed by atoms with Gasteiger partial charge in [0.1, 0.15) is 4.88 Å². The Labute approximate surface area is 132 Å². The lowest BCUT2D eigenvalue weighted by molar-refractivity contribution is 0.342. The SMILES string of the molecule is Cc1nc(Cc2ccccc2)sc1-c1nc(C2CCN2)no1. The third-order valence-corrected chi connectivity index (χ3v) is 4.96. The highest BCUT2D eigenvalue weighted by atomic mass is 32.1. The van der Waals surface area contributed by atoms with Crippen molar-refractivity contribution in [3.63, 3.8) is 0 Å². The fourth-order valence-corrected chi connectivity index (χ4v) is 3.50. The van der Waals surface area contributed by atoms with Crippen LogP contribution in [0.25, 0.3) is 10.8 Å². The molecule has 0 radical (unpaired) electrons. The smallest absolute Gasteiger partial charge is 0.269 e. The summed E-state index contributed by atoms with van der Waals surface area (Å²) in [4.78, 5) is 10.1. The maximum Gasteiger partial charge on any atom is 0.269 e. The molecule has 6 heteroatoms. The highest BCUT2D eigenvalue weighted by Crippen LogP contribution is 2.31. The summed E-state index contributed by atoms with van der Waals surface area (Å²) in [7, 11) is 0. The van der Waals surface area contributed by atoms with Gasteiger partial charge >= 0.3 is 0 Å². The van der Waals surface area contributed by atoms with Crippen LogP contribution in [0.1, 0.15) is 34.6 Å². The van der Waals surface area contributed by atoms with Crippen molar-refractivity contribution in [2.24, 2.45) is 0 Å². The molecule has 2 aromatic heterocycles. The van der Waals surface area contributed by atoms with Crippen LogP contribution in [0.3, 0.4) is 0 Å². The van der Waals surface area contributed by atoms with Crippen molar-refractivity contribution in [1.82, 2.24) is 20.4 Å². The predicted octanol–water partition coefficient (Wildman–Crippen LogP) is 3.13. The molecule has 1 fully saturated rings. The molecule has 1 saturated heterocycles. The second-order valence-electron chi connectivity index (χ2n) is 5.44. The van der Waals surface area contributed by atoms with Crippen molar-refractivity contribution in [1.29, 1.82) is 0 Å². The van der Waals surface area contributed by atoms with Gasteiger partial charge in [0.25, 0.3) is 5.89 Å². The molecular weight excluding hydrogens is 296 g/mol. The summed E-state index contributed by atoms with van der Waals surface area (Å²) in [5.41, 5.74) is 2.21. The van der Waals surface area contributed by atoms with Gasteiger partial charge in [-0.2, -0.15) is 4.98 Å². The number of nitrogens with zero attached hydrogens (tertiary/aromatic N) is 3. The van der Waals surface area contributed by atoms with Crippen molar-refractivity contribution >= 4 is 11.3 Å². The molecule has 0 bridgehead atoms. The summed E-state index contributed by atoms with van der Waals surface area (Å²) in [6.07, 6.45) is 1.90. The number of benzene rings is 1. The lowest BCUT2D eigenvalue weighted by Crippen LogP contribution is -2.35. The third-order valence-electron chi connectivity index (χ3n) is 3.81. The van der Waals surface area contributed by atoms with Crippen LogP contribution < -0.4 is 5.32 Å². The quantitative estimate of drug-likeness (QED) is 0.802. The Morgan fingerprint density at radius 3 is 2.82 bits per heavy atom. The minimum Gasteiger partial charge on any atom is -0.333 e. The molecule has 5 nitrogen and oxygen atoms in total. The average molecular weight is 312 g/mol. The van der Waals surface area contributed by atoms with E-state index in [2.05, 4.69) is 32.6 Å².